The third kappa shape index (κ3) is 3.44. The molecule has 2 aromatic carbocycles. The lowest BCUT2D eigenvalue weighted by atomic mass is 10.1. The highest BCUT2D eigenvalue weighted by atomic mass is 16.2. The quantitative estimate of drug-likeness (QED) is 0.668. The molecule has 3 N–H and O–H groups in total. The summed E-state index contributed by atoms with van der Waals surface area (Å²) in [6, 6.07) is 14.8. The molecule has 0 saturated heterocycles. The molecule has 1 atom stereocenters. The average molecular weight is 334 g/mol. The van der Waals surface area contributed by atoms with E-state index in [0.29, 0.717) is 22.6 Å². The standard InChI is InChI=1S/C19H18N4O2/c24-18-15-9-8-14(10-16(15)20-11-21-18)23-19(25)17(22-13-6-7-13)12-4-2-1-3-5-12/h1-5,8-11,13,17,22H,6-7H2,(H,23,25)(H,20,21,24). The molecule has 1 aliphatic rings. The smallest absolute Gasteiger partial charge is 0.258 e. The summed E-state index contributed by atoms with van der Waals surface area (Å²) < 4.78 is 0. The molecule has 1 saturated carbocycles. The molecule has 25 heavy (non-hydrogen) atoms. The Hall–Kier alpha value is -2.99. The number of rotatable bonds is 5. The summed E-state index contributed by atoms with van der Waals surface area (Å²) >= 11 is 0. The number of amides is 1. The summed E-state index contributed by atoms with van der Waals surface area (Å²) in [6.07, 6.45) is 3.55. The Morgan fingerprint density at radius 1 is 1.16 bits per heavy atom. The van der Waals surface area contributed by atoms with Gasteiger partial charge in [0, 0.05) is 11.7 Å². The molecular weight excluding hydrogens is 316 g/mol. The van der Waals surface area contributed by atoms with Crippen molar-refractivity contribution in [2.24, 2.45) is 0 Å². The number of nitrogens with zero attached hydrogens (tertiary/aromatic N) is 1. The molecule has 6 nitrogen and oxygen atoms in total. The number of carbonyl (C=O) groups is 1. The molecule has 0 radical (unpaired) electrons. The van der Waals surface area contributed by atoms with Crippen molar-refractivity contribution in [1.29, 1.82) is 0 Å². The summed E-state index contributed by atoms with van der Waals surface area (Å²) in [4.78, 5) is 31.2. The van der Waals surface area contributed by atoms with Crippen LogP contribution in [-0.4, -0.2) is 21.9 Å². The average Bonchev–Trinajstić information content (AvgIpc) is 3.45. The Morgan fingerprint density at radius 3 is 2.72 bits per heavy atom. The van der Waals surface area contributed by atoms with Crippen molar-refractivity contribution < 1.29 is 4.79 Å². The zero-order chi connectivity index (χ0) is 17.2. The van der Waals surface area contributed by atoms with E-state index in [2.05, 4.69) is 20.6 Å². The van der Waals surface area contributed by atoms with E-state index in [-0.39, 0.29) is 11.5 Å². The zero-order valence-corrected chi connectivity index (χ0v) is 13.5. The van der Waals surface area contributed by atoms with Gasteiger partial charge in [0.05, 0.1) is 17.2 Å². The zero-order valence-electron chi connectivity index (χ0n) is 13.5. The van der Waals surface area contributed by atoms with Gasteiger partial charge in [-0.05, 0) is 36.6 Å². The fourth-order valence-corrected chi connectivity index (χ4v) is 2.82. The molecule has 6 heteroatoms. The van der Waals surface area contributed by atoms with Crippen molar-refractivity contribution in [3.05, 3.63) is 70.8 Å². The number of carbonyl (C=O) groups excluding carboxylic acids is 1. The Balaban J connectivity index is 1.59. The van der Waals surface area contributed by atoms with Crippen LogP contribution in [0.1, 0.15) is 24.4 Å². The van der Waals surface area contributed by atoms with Crippen LogP contribution in [0.25, 0.3) is 10.9 Å². The minimum Gasteiger partial charge on any atom is -0.324 e. The van der Waals surface area contributed by atoms with Crippen molar-refractivity contribution in [2.45, 2.75) is 24.9 Å². The molecule has 1 unspecified atom stereocenters. The molecule has 0 aliphatic heterocycles. The van der Waals surface area contributed by atoms with Gasteiger partial charge in [-0.15, -0.1) is 0 Å². The van der Waals surface area contributed by atoms with Gasteiger partial charge in [-0.25, -0.2) is 4.98 Å². The Bertz CT molecular complexity index is 964. The number of hydrogen-bond acceptors (Lipinski definition) is 4. The van der Waals surface area contributed by atoms with Crippen molar-refractivity contribution in [3.8, 4) is 0 Å². The number of benzene rings is 2. The normalized spacial score (nSPS) is 15.0. The van der Waals surface area contributed by atoms with E-state index in [1.165, 1.54) is 6.33 Å². The lowest BCUT2D eigenvalue weighted by Gasteiger charge is -2.19. The summed E-state index contributed by atoms with van der Waals surface area (Å²) in [5, 5.41) is 6.82. The van der Waals surface area contributed by atoms with Crippen LogP contribution in [0.15, 0.2) is 59.7 Å². The first-order chi connectivity index (χ1) is 12.2. The molecule has 1 heterocycles. The maximum Gasteiger partial charge on any atom is 0.258 e. The molecule has 1 aromatic heterocycles. The third-order valence-corrected chi connectivity index (χ3v) is 4.28. The molecule has 1 fully saturated rings. The first-order valence-electron chi connectivity index (χ1n) is 8.30. The van der Waals surface area contributed by atoms with Gasteiger partial charge in [-0.3, -0.25) is 14.9 Å². The molecule has 0 spiro atoms. The van der Waals surface area contributed by atoms with Gasteiger partial charge < -0.3 is 10.3 Å². The van der Waals surface area contributed by atoms with Crippen LogP contribution >= 0.6 is 0 Å². The molecule has 4 rings (SSSR count). The summed E-state index contributed by atoms with van der Waals surface area (Å²) in [5.41, 5.74) is 1.91. The molecule has 3 aromatic rings. The molecule has 1 aliphatic carbocycles. The number of nitrogens with one attached hydrogen (secondary N) is 3. The monoisotopic (exact) mass is 334 g/mol. The second-order valence-corrected chi connectivity index (χ2v) is 6.24. The van der Waals surface area contributed by atoms with E-state index >= 15 is 0 Å². The third-order valence-electron chi connectivity index (χ3n) is 4.28. The molecule has 126 valence electrons. The van der Waals surface area contributed by atoms with Gasteiger partial charge in [-0.1, -0.05) is 30.3 Å². The van der Waals surface area contributed by atoms with Gasteiger partial charge in [0.2, 0.25) is 5.91 Å². The van der Waals surface area contributed by atoms with Gasteiger partial charge in [0.25, 0.3) is 5.56 Å². The minimum atomic E-state index is -0.406. The SMILES string of the molecule is O=C(Nc1ccc2c(=O)[nH]cnc2c1)C(NC1CC1)c1ccccc1. The summed E-state index contributed by atoms with van der Waals surface area (Å²) in [6.45, 7) is 0. The van der Waals surface area contributed by atoms with Crippen molar-refractivity contribution in [1.82, 2.24) is 15.3 Å². The first kappa shape index (κ1) is 15.5. The highest BCUT2D eigenvalue weighted by molar-refractivity contribution is 5.97. The van der Waals surface area contributed by atoms with Crippen molar-refractivity contribution >= 4 is 22.5 Å². The van der Waals surface area contributed by atoms with Crippen LogP contribution in [-0.2, 0) is 4.79 Å². The largest absolute Gasteiger partial charge is 0.324 e. The Labute approximate surface area is 144 Å². The van der Waals surface area contributed by atoms with Crippen LogP contribution in [0.2, 0.25) is 0 Å². The molecule has 1 amide bonds. The lowest BCUT2D eigenvalue weighted by Crippen LogP contribution is -2.34. The van der Waals surface area contributed by atoms with Crippen LogP contribution in [0.3, 0.4) is 0 Å². The van der Waals surface area contributed by atoms with E-state index in [0.717, 1.165) is 18.4 Å². The fraction of sp³-hybridized carbons (Fsp3) is 0.211. The second kappa shape index (κ2) is 6.49. The van der Waals surface area contributed by atoms with Crippen molar-refractivity contribution in [3.63, 3.8) is 0 Å². The van der Waals surface area contributed by atoms with Crippen LogP contribution in [0.5, 0.6) is 0 Å². The maximum absolute atomic E-state index is 12.8. The number of H-pyrrole nitrogens is 1. The Morgan fingerprint density at radius 2 is 1.96 bits per heavy atom. The topological polar surface area (TPSA) is 86.9 Å². The Kier molecular flexibility index (Phi) is 4.03. The number of aromatic nitrogens is 2. The predicted molar refractivity (Wildman–Crippen MR) is 96.3 cm³/mol. The second-order valence-electron chi connectivity index (χ2n) is 6.24. The van der Waals surface area contributed by atoms with Crippen LogP contribution in [0, 0.1) is 0 Å². The van der Waals surface area contributed by atoms with Gasteiger partial charge in [0.15, 0.2) is 0 Å². The van der Waals surface area contributed by atoms with E-state index in [9.17, 15) is 9.59 Å². The van der Waals surface area contributed by atoms with E-state index in [4.69, 9.17) is 0 Å². The summed E-state index contributed by atoms with van der Waals surface area (Å²) in [7, 11) is 0. The highest BCUT2D eigenvalue weighted by Gasteiger charge is 2.29. The number of hydrogen-bond donors (Lipinski definition) is 3. The van der Waals surface area contributed by atoms with Crippen LogP contribution < -0.4 is 16.2 Å². The fourth-order valence-electron chi connectivity index (χ4n) is 2.82. The van der Waals surface area contributed by atoms with Crippen molar-refractivity contribution in [2.75, 3.05) is 5.32 Å². The van der Waals surface area contributed by atoms with Gasteiger partial charge in [0.1, 0.15) is 6.04 Å². The van der Waals surface area contributed by atoms with Gasteiger partial charge in [-0.2, -0.15) is 0 Å². The lowest BCUT2D eigenvalue weighted by molar-refractivity contribution is -0.118. The van der Waals surface area contributed by atoms with E-state index in [1.54, 1.807) is 18.2 Å². The van der Waals surface area contributed by atoms with Gasteiger partial charge >= 0.3 is 0 Å². The first-order valence-corrected chi connectivity index (χ1v) is 8.30. The molecular formula is C19H18N4O2. The maximum atomic E-state index is 12.8. The number of aromatic amines is 1. The molecule has 0 bridgehead atoms. The van der Waals surface area contributed by atoms with E-state index in [1.807, 2.05) is 30.3 Å². The predicted octanol–water partition coefficient (Wildman–Crippen LogP) is 2.35. The highest BCUT2D eigenvalue weighted by Crippen LogP contribution is 2.25. The number of anilines is 1. The minimum absolute atomic E-state index is 0.123. The van der Waals surface area contributed by atoms with E-state index < -0.39 is 6.04 Å². The summed E-state index contributed by atoms with van der Waals surface area (Å²) in [5.74, 6) is -0.123. The van der Waals surface area contributed by atoms with Crippen LogP contribution in [0.4, 0.5) is 5.69 Å². The number of fused-ring (bicyclic) bond motifs is 1.